The summed E-state index contributed by atoms with van der Waals surface area (Å²) in [6.07, 6.45) is 1.62. The molecule has 4 heterocycles. The maximum atomic E-state index is 15.1. The van der Waals surface area contributed by atoms with Gasteiger partial charge in [-0.1, -0.05) is 11.6 Å². The molecule has 8 nitrogen and oxygen atoms in total. The van der Waals surface area contributed by atoms with Crippen molar-refractivity contribution in [2.24, 2.45) is 0 Å². The van der Waals surface area contributed by atoms with E-state index in [-0.39, 0.29) is 5.28 Å². The van der Waals surface area contributed by atoms with Crippen LogP contribution in [0.3, 0.4) is 0 Å². The van der Waals surface area contributed by atoms with Crippen LogP contribution >= 0.6 is 23.2 Å². The number of nitrogens with zero attached hydrogens (tertiary/aromatic N) is 6. The summed E-state index contributed by atoms with van der Waals surface area (Å²) in [6, 6.07) is 8.68. The van der Waals surface area contributed by atoms with Crippen LogP contribution in [0.5, 0.6) is 0 Å². The van der Waals surface area contributed by atoms with Crippen LogP contribution in [-0.2, 0) is 4.74 Å². The predicted octanol–water partition coefficient (Wildman–Crippen LogP) is 4.95. The molecule has 1 saturated heterocycles. The molecule has 0 aliphatic carbocycles. The van der Waals surface area contributed by atoms with Crippen LogP contribution in [0.2, 0.25) is 10.3 Å². The minimum Gasteiger partial charge on any atom is -0.378 e. The molecule has 0 unspecified atom stereocenters. The van der Waals surface area contributed by atoms with E-state index in [2.05, 4.69) is 25.1 Å². The quantitative estimate of drug-likeness (QED) is 0.379. The van der Waals surface area contributed by atoms with Crippen molar-refractivity contribution >= 4 is 50.8 Å². The Hall–Kier alpha value is -3.27. The summed E-state index contributed by atoms with van der Waals surface area (Å²) >= 11 is 12.4. The second-order valence-electron chi connectivity index (χ2n) is 7.99. The molecule has 0 bridgehead atoms. The van der Waals surface area contributed by atoms with Gasteiger partial charge < -0.3 is 9.64 Å². The number of imidazole rings is 1. The number of nitrogens with one attached hydrogen (secondary N) is 1. The number of fused-ring (bicyclic) bond motifs is 2. The molecular formula is C23H18Cl2FN7O. The molecule has 1 N–H and O–H groups in total. The monoisotopic (exact) mass is 497 g/mol. The van der Waals surface area contributed by atoms with Gasteiger partial charge in [-0.15, -0.1) is 0 Å². The second kappa shape index (κ2) is 8.19. The van der Waals surface area contributed by atoms with E-state index in [1.165, 1.54) is 12.1 Å². The summed E-state index contributed by atoms with van der Waals surface area (Å²) in [4.78, 5) is 15.7. The van der Waals surface area contributed by atoms with Gasteiger partial charge in [0.25, 0.3) is 0 Å². The van der Waals surface area contributed by atoms with E-state index in [4.69, 9.17) is 32.9 Å². The third kappa shape index (κ3) is 3.39. The summed E-state index contributed by atoms with van der Waals surface area (Å²) in [6.45, 7) is 4.63. The van der Waals surface area contributed by atoms with E-state index in [1.807, 2.05) is 23.6 Å². The smallest absolute Gasteiger partial charge is 0.218 e. The van der Waals surface area contributed by atoms with Crippen molar-refractivity contribution in [2.45, 2.75) is 6.92 Å². The number of hydrogen-bond acceptors (Lipinski definition) is 6. The first-order valence-corrected chi connectivity index (χ1v) is 11.4. The molecule has 0 atom stereocenters. The highest BCUT2D eigenvalue weighted by molar-refractivity contribution is 6.35. The number of benzene rings is 2. The lowest BCUT2D eigenvalue weighted by Crippen LogP contribution is -2.36. The zero-order valence-corrected chi connectivity index (χ0v) is 19.5. The molecule has 2 aromatic carbocycles. The number of pyridine rings is 1. The number of rotatable bonds is 3. The normalized spacial score (nSPS) is 14.4. The molecule has 0 radical (unpaired) electrons. The van der Waals surface area contributed by atoms with E-state index in [0.717, 1.165) is 29.9 Å². The third-order valence-corrected chi connectivity index (χ3v) is 6.47. The fraction of sp³-hybridized carbons (Fsp3) is 0.217. The standard InChI is InChI=1S/C23H18Cl2FN7O/c1-12-28-20-14(22-29-23(25)31-30-22)10-13(32-6-8-34-9-7-32)11-18(20)33(12)17-4-5-27-21-15(24)2-3-16(26)19(17)21/h2-5,10-11H,6-9H2,1H3,(H,29,30,31). The summed E-state index contributed by atoms with van der Waals surface area (Å²) in [5.74, 6) is 0.696. The van der Waals surface area contributed by atoms with Gasteiger partial charge in [-0.25, -0.2) is 14.5 Å². The fourth-order valence-corrected chi connectivity index (χ4v) is 4.81. The molecule has 6 rings (SSSR count). The Morgan fingerprint density at radius 2 is 1.88 bits per heavy atom. The molecule has 0 spiro atoms. The van der Waals surface area contributed by atoms with Gasteiger partial charge in [0.05, 0.1) is 45.9 Å². The predicted molar refractivity (Wildman–Crippen MR) is 129 cm³/mol. The summed E-state index contributed by atoms with van der Waals surface area (Å²) in [5.41, 5.74) is 4.14. The maximum Gasteiger partial charge on any atom is 0.218 e. The van der Waals surface area contributed by atoms with Gasteiger partial charge >= 0.3 is 0 Å². The average molecular weight is 498 g/mol. The fourth-order valence-electron chi connectivity index (χ4n) is 4.48. The van der Waals surface area contributed by atoms with Gasteiger partial charge in [-0.3, -0.25) is 9.55 Å². The van der Waals surface area contributed by atoms with E-state index in [9.17, 15) is 0 Å². The summed E-state index contributed by atoms with van der Waals surface area (Å²) < 4.78 is 22.5. The first-order valence-electron chi connectivity index (χ1n) is 10.7. The number of anilines is 1. The molecule has 5 aromatic rings. The van der Waals surface area contributed by atoms with Crippen LogP contribution < -0.4 is 4.90 Å². The van der Waals surface area contributed by atoms with Crippen LogP contribution in [0.15, 0.2) is 36.5 Å². The van der Waals surface area contributed by atoms with Gasteiger partial charge in [0.15, 0.2) is 5.82 Å². The number of H-pyrrole nitrogens is 1. The highest BCUT2D eigenvalue weighted by Gasteiger charge is 2.23. The Morgan fingerprint density at radius 3 is 2.65 bits per heavy atom. The number of hydrogen-bond donors (Lipinski definition) is 1. The van der Waals surface area contributed by atoms with Crippen molar-refractivity contribution < 1.29 is 9.13 Å². The van der Waals surface area contributed by atoms with Crippen molar-refractivity contribution in [3.63, 3.8) is 0 Å². The number of aryl methyl sites for hydroxylation is 1. The Kier molecular flexibility index (Phi) is 5.13. The van der Waals surface area contributed by atoms with Crippen molar-refractivity contribution in [3.8, 4) is 17.1 Å². The van der Waals surface area contributed by atoms with Crippen LogP contribution in [0, 0.1) is 12.7 Å². The molecular weight excluding hydrogens is 480 g/mol. The minimum atomic E-state index is -0.408. The number of morpholine rings is 1. The van der Waals surface area contributed by atoms with E-state index in [1.54, 1.807) is 12.3 Å². The molecule has 0 amide bonds. The van der Waals surface area contributed by atoms with Gasteiger partial charge in [-0.05, 0) is 48.9 Å². The Bertz CT molecular complexity index is 1560. The van der Waals surface area contributed by atoms with Gasteiger partial charge in [0.2, 0.25) is 5.28 Å². The topological polar surface area (TPSA) is 84.8 Å². The lowest BCUT2D eigenvalue weighted by Gasteiger charge is -2.29. The Balaban J connectivity index is 1.68. The molecule has 11 heteroatoms. The second-order valence-corrected chi connectivity index (χ2v) is 8.75. The van der Waals surface area contributed by atoms with Crippen LogP contribution in [-0.4, -0.2) is 56.0 Å². The SMILES string of the molecule is Cc1nc2c(-c3n[nH]c(Cl)n3)cc(N3CCOCC3)cc2n1-c1ccnc2c(Cl)ccc(F)c12. The lowest BCUT2D eigenvalue weighted by atomic mass is 10.1. The molecule has 172 valence electrons. The van der Waals surface area contributed by atoms with Crippen LogP contribution in [0.1, 0.15) is 5.82 Å². The lowest BCUT2D eigenvalue weighted by molar-refractivity contribution is 0.122. The van der Waals surface area contributed by atoms with Crippen LogP contribution in [0.4, 0.5) is 10.1 Å². The number of halogens is 3. The van der Waals surface area contributed by atoms with Crippen molar-refractivity contribution in [1.29, 1.82) is 0 Å². The summed E-state index contributed by atoms with van der Waals surface area (Å²) in [5, 5.41) is 7.85. The highest BCUT2D eigenvalue weighted by Crippen LogP contribution is 2.37. The molecule has 1 aliphatic rings. The first-order chi connectivity index (χ1) is 16.5. The molecule has 0 saturated carbocycles. The minimum absolute atomic E-state index is 0.188. The Labute approximate surface area is 203 Å². The highest BCUT2D eigenvalue weighted by atomic mass is 35.5. The molecule has 1 fully saturated rings. The van der Waals surface area contributed by atoms with Crippen molar-refractivity contribution in [1.82, 2.24) is 29.7 Å². The molecule has 1 aliphatic heterocycles. The van der Waals surface area contributed by atoms with Crippen molar-refractivity contribution in [3.05, 3.63) is 58.5 Å². The first kappa shape index (κ1) is 21.3. The zero-order valence-electron chi connectivity index (χ0n) is 18.0. The third-order valence-electron chi connectivity index (χ3n) is 6.00. The van der Waals surface area contributed by atoms with E-state index >= 15 is 4.39 Å². The van der Waals surface area contributed by atoms with Gasteiger partial charge in [0, 0.05) is 25.0 Å². The Morgan fingerprint density at radius 1 is 1.06 bits per heavy atom. The largest absolute Gasteiger partial charge is 0.378 e. The number of aromatic nitrogens is 6. The van der Waals surface area contributed by atoms with Crippen LogP contribution in [0.25, 0.3) is 39.0 Å². The van der Waals surface area contributed by atoms with Crippen molar-refractivity contribution in [2.75, 3.05) is 31.2 Å². The maximum absolute atomic E-state index is 15.1. The summed E-state index contributed by atoms with van der Waals surface area (Å²) in [7, 11) is 0. The van der Waals surface area contributed by atoms with Gasteiger partial charge in [0.1, 0.15) is 17.2 Å². The number of ether oxygens (including phenoxy) is 1. The molecule has 3 aromatic heterocycles. The zero-order chi connectivity index (χ0) is 23.4. The van der Waals surface area contributed by atoms with E-state index in [0.29, 0.717) is 52.0 Å². The average Bonchev–Trinajstić information content (AvgIpc) is 3.43. The molecule has 34 heavy (non-hydrogen) atoms. The van der Waals surface area contributed by atoms with E-state index < -0.39 is 5.82 Å². The number of aromatic amines is 1. The van der Waals surface area contributed by atoms with Gasteiger partial charge in [-0.2, -0.15) is 10.1 Å².